The summed E-state index contributed by atoms with van der Waals surface area (Å²) >= 11 is 0. The van der Waals surface area contributed by atoms with Crippen LogP contribution in [0.5, 0.6) is 5.75 Å². The summed E-state index contributed by atoms with van der Waals surface area (Å²) in [6.45, 7) is 4.15. The predicted octanol–water partition coefficient (Wildman–Crippen LogP) is 4.62. The van der Waals surface area contributed by atoms with Gasteiger partial charge in [0.1, 0.15) is 23.8 Å². The molecule has 3 N–H and O–H groups in total. The minimum Gasteiger partial charge on any atom is -0.491 e. The molecule has 1 aromatic heterocycles. The van der Waals surface area contributed by atoms with Crippen molar-refractivity contribution in [2.24, 2.45) is 5.92 Å². The quantitative estimate of drug-likeness (QED) is 0.341. The molecule has 40 heavy (non-hydrogen) atoms. The third-order valence-corrected chi connectivity index (χ3v) is 9.51. The molecule has 10 heteroatoms. The van der Waals surface area contributed by atoms with E-state index >= 15 is 0 Å². The molecule has 0 bridgehead atoms. The SMILES string of the molecule is Cc1cc(OCC2(O)CCS(=O)(=O)CC2)cc(C)c1-c1ccc(F)c(CNc2ccc([C@H]3C[C@@H]3C(=O)O)nc2)c1. The predicted molar refractivity (Wildman–Crippen MR) is 150 cm³/mol. The summed E-state index contributed by atoms with van der Waals surface area (Å²) < 4.78 is 44.0. The molecule has 2 aromatic carbocycles. The van der Waals surface area contributed by atoms with Crippen LogP contribution in [0, 0.1) is 25.6 Å². The molecule has 0 spiro atoms. The highest BCUT2D eigenvalue weighted by molar-refractivity contribution is 7.91. The number of nitrogens with zero attached hydrogens (tertiary/aromatic N) is 1. The highest BCUT2D eigenvalue weighted by Crippen LogP contribution is 2.46. The molecule has 2 aliphatic rings. The number of nitrogens with one attached hydrogen (secondary N) is 1. The highest BCUT2D eigenvalue weighted by atomic mass is 32.2. The molecule has 0 unspecified atom stereocenters. The number of halogens is 1. The molecule has 8 nitrogen and oxygen atoms in total. The normalized spacial score (nSPS) is 21.0. The van der Waals surface area contributed by atoms with Gasteiger partial charge in [-0.3, -0.25) is 9.78 Å². The van der Waals surface area contributed by atoms with Crippen LogP contribution < -0.4 is 10.1 Å². The van der Waals surface area contributed by atoms with Crippen LogP contribution in [0.15, 0.2) is 48.7 Å². The topological polar surface area (TPSA) is 126 Å². The largest absolute Gasteiger partial charge is 0.491 e. The maximum Gasteiger partial charge on any atom is 0.307 e. The summed E-state index contributed by atoms with van der Waals surface area (Å²) in [4.78, 5) is 15.5. The summed E-state index contributed by atoms with van der Waals surface area (Å²) in [5.74, 6) is -1.03. The number of anilines is 1. The van der Waals surface area contributed by atoms with Crippen molar-refractivity contribution in [2.45, 2.75) is 51.2 Å². The molecule has 1 aliphatic carbocycles. The summed E-state index contributed by atoms with van der Waals surface area (Å²) in [5.41, 5.74) is 4.47. The average molecular weight is 569 g/mol. The lowest BCUT2D eigenvalue weighted by molar-refractivity contribution is -0.138. The number of aliphatic hydroxyl groups is 1. The molecule has 2 heterocycles. The Bertz CT molecular complexity index is 1500. The number of aliphatic carboxylic acids is 1. The number of pyridine rings is 1. The van der Waals surface area contributed by atoms with Crippen molar-refractivity contribution >= 4 is 21.5 Å². The number of carboxylic acids is 1. The van der Waals surface area contributed by atoms with E-state index in [1.54, 1.807) is 12.3 Å². The zero-order valence-corrected chi connectivity index (χ0v) is 23.3. The van der Waals surface area contributed by atoms with Crippen LogP contribution in [-0.2, 0) is 21.2 Å². The van der Waals surface area contributed by atoms with Crippen LogP contribution in [0.2, 0.25) is 0 Å². The Morgan fingerprint density at radius 1 is 1.12 bits per heavy atom. The van der Waals surface area contributed by atoms with Crippen molar-refractivity contribution < 1.29 is 32.6 Å². The van der Waals surface area contributed by atoms with Gasteiger partial charge in [0.05, 0.1) is 29.3 Å². The molecule has 5 rings (SSSR count). The second-order valence-electron chi connectivity index (χ2n) is 11.0. The van der Waals surface area contributed by atoms with Gasteiger partial charge in [0, 0.05) is 23.7 Å². The molecule has 1 saturated heterocycles. The Kier molecular flexibility index (Phi) is 7.58. The van der Waals surface area contributed by atoms with Crippen molar-refractivity contribution in [3.63, 3.8) is 0 Å². The fourth-order valence-electron chi connectivity index (χ4n) is 5.33. The second kappa shape index (κ2) is 10.8. The summed E-state index contributed by atoms with van der Waals surface area (Å²) in [6, 6.07) is 12.4. The van der Waals surface area contributed by atoms with E-state index in [1.807, 2.05) is 44.2 Å². The summed E-state index contributed by atoms with van der Waals surface area (Å²) in [5, 5.41) is 23.1. The lowest BCUT2D eigenvalue weighted by atomic mass is 9.94. The highest BCUT2D eigenvalue weighted by Gasteiger charge is 2.45. The van der Waals surface area contributed by atoms with Crippen LogP contribution in [0.1, 0.15) is 47.6 Å². The standard InChI is InChI=1S/C30H33FN2O6S/c1-18-11-23(39-17-30(36)7-9-40(37,38)10-8-30)12-19(2)28(18)20-3-5-26(31)21(13-20)15-32-22-4-6-27(33-16-22)24-14-25(24)29(34)35/h3-6,11-13,16,24-25,32,36H,7-10,14-15,17H2,1-2H3,(H,34,35)/t24-,25-/m0/s1. The van der Waals surface area contributed by atoms with Gasteiger partial charge in [0.2, 0.25) is 0 Å². The number of sulfone groups is 1. The van der Waals surface area contributed by atoms with Gasteiger partial charge >= 0.3 is 5.97 Å². The van der Waals surface area contributed by atoms with E-state index in [0.29, 0.717) is 23.4 Å². The third-order valence-electron chi connectivity index (χ3n) is 7.86. The van der Waals surface area contributed by atoms with Crippen molar-refractivity contribution in [1.29, 1.82) is 0 Å². The van der Waals surface area contributed by atoms with Gasteiger partial charge < -0.3 is 20.3 Å². The Morgan fingerprint density at radius 3 is 2.42 bits per heavy atom. The second-order valence-corrected chi connectivity index (χ2v) is 13.3. The fourth-order valence-corrected chi connectivity index (χ4v) is 6.92. The van der Waals surface area contributed by atoms with Crippen molar-refractivity contribution in [3.05, 3.63) is 76.9 Å². The molecule has 2 fully saturated rings. The average Bonchev–Trinajstić information content (AvgIpc) is 3.71. The number of hydrogen-bond donors (Lipinski definition) is 3. The van der Waals surface area contributed by atoms with E-state index in [1.165, 1.54) is 6.07 Å². The number of rotatable bonds is 9. The van der Waals surface area contributed by atoms with Crippen molar-refractivity contribution in [3.8, 4) is 16.9 Å². The van der Waals surface area contributed by atoms with E-state index in [-0.39, 0.29) is 55.2 Å². The van der Waals surface area contributed by atoms with E-state index < -0.39 is 21.4 Å². The van der Waals surface area contributed by atoms with Crippen LogP contribution in [0.3, 0.4) is 0 Å². The maximum absolute atomic E-state index is 14.7. The molecule has 212 valence electrons. The van der Waals surface area contributed by atoms with E-state index in [9.17, 15) is 22.7 Å². The number of carbonyl (C=O) groups is 1. The molecule has 1 saturated carbocycles. The first-order valence-electron chi connectivity index (χ1n) is 13.3. The summed E-state index contributed by atoms with van der Waals surface area (Å²) in [7, 11) is -3.09. The Hall–Kier alpha value is -3.50. The number of aromatic nitrogens is 1. The van der Waals surface area contributed by atoms with Crippen LogP contribution >= 0.6 is 0 Å². The Balaban J connectivity index is 1.25. The number of hydrogen-bond acceptors (Lipinski definition) is 7. The van der Waals surface area contributed by atoms with Crippen LogP contribution in [-0.4, -0.2) is 53.3 Å². The molecule has 3 aromatic rings. The molecular formula is C30H33FN2O6S. The first-order valence-corrected chi connectivity index (χ1v) is 15.1. The fraction of sp³-hybridized carbons (Fsp3) is 0.400. The van der Waals surface area contributed by atoms with Crippen LogP contribution in [0.25, 0.3) is 11.1 Å². The zero-order valence-electron chi connectivity index (χ0n) is 22.5. The zero-order chi connectivity index (χ0) is 28.7. The molecule has 2 atom stereocenters. The lowest BCUT2D eigenvalue weighted by Crippen LogP contribution is -2.43. The Morgan fingerprint density at radius 2 is 1.82 bits per heavy atom. The Labute approximate surface area is 233 Å². The van der Waals surface area contributed by atoms with Crippen molar-refractivity contribution in [1.82, 2.24) is 4.98 Å². The maximum atomic E-state index is 14.7. The summed E-state index contributed by atoms with van der Waals surface area (Å²) in [6.07, 6.45) is 2.56. The third kappa shape index (κ3) is 6.28. The minimum atomic E-state index is -3.09. The number of benzene rings is 2. The first-order chi connectivity index (χ1) is 18.9. The molecule has 0 radical (unpaired) electrons. The molecule has 1 aliphatic heterocycles. The van der Waals surface area contributed by atoms with Gasteiger partial charge in [0.25, 0.3) is 0 Å². The van der Waals surface area contributed by atoms with E-state index in [4.69, 9.17) is 9.84 Å². The van der Waals surface area contributed by atoms with Crippen LogP contribution in [0.4, 0.5) is 10.1 Å². The number of ether oxygens (including phenoxy) is 1. The smallest absolute Gasteiger partial charge is 0.307 e. The van der Waals surface area contributed by atoms with E-state index in [2.05, 4.69) is 10.3 Å². The van der Waals surface area contributed by atoms with Gasteiger partial charge in [0.15, 0.2) is 9.84 Å². The molecule has 0 amide bonds. The van der Waals surface area contributed by atoms with Gasteiger partial charge in [-0.15, -0.1) is 0 Å². The van der Waals surface area contributed by atoms with E-state index in [0.717, 1.165) is 27.9 Å². The monoisotopic (exact) mass is 568 g/mol. The van der Waals surface area contributed by atoms with Gasteiger partial charge in [-0.2, -0.15) is 0 Å². The number of aryl methyl sites for hydroxylation is 2. The number of carboxylic acid groups (broad SMARTS) is 1. The van der Waals surface area contributed by atoms with Crippen molar-refractivity contribution in [2.75, 3.05) is 23.4 Å². The minimum absolute atomic E-state index is 0.0176. The first kappa shape index (κ1) is 28.0. The van der Waals surface area contributed by atoms with Gasteiger partial charge in [-0.05, 0) is 91.8 Å². The lowest BCUT2D eigenvalue weighted by Gasteiger charge is -2.31. The van der Waals surface area contributed by atoms with Gasteiger partial charge in [-0.25, -0.2) is 12.8 Å². The van der Waals surface area contributed by atoms with Gasteiger partial charge in [-0.1, -0.05) is 6.07 Å². The molecular weight excluding hydrogens is 535 g/mol.